The number of thioether (sulfide) groups is 1. The van der Waals surface area contributed by atoms with Crippen molar-refractivity contribution in [2.45, 2.75) is 24.3 Å². The highest BCUT2D eigenvalue weighted by Gasteiger charge is 2.32. The summed E-state index contributed by atoms with van der Waals surface area (Å²) in [6.45, 7) is 4.13. The van der Waals surface area contributed by atoms with Crippen LogP contribution in [0.3, 0.4) is 0 Å². The Morgan fingerprint density at radius 3 is 3.00 bits per heavy atom. The van der Waals surface area contributed by atoms with Crippen molar-refractivity contribution >= 4 is 23.5 Å². The molecule has 22 heavy (non-hydrogen) atoms. The first-order valence-electron chi connectivity index (χ1n) is 7.04. The van der Waals surface area contributed by atoms with Gasteiger partial charge in [0, 0.05) is 11.3 Å². The third kappa shape index (κ3) is 2.04. The van der Waals surface area contributed by atoms with Gasteiger partial charge in [-0.05, 0) is 31.5 Å². The molecule has 4 rings (SSSR count). The van der Waals surface area contributed by atoms with Gasteiger partial charge in [-0.1, -0.05) is 6.07 Å². The summed E-state index contributed by atoms with van der Waals surface area (Å²) in [5.74, 6) is 2.09. The fraction of sp³-hybridized carbons (Fsp3) is 0.333. The fourth-order valence-corrected chi connectivity index (χ4v) is 4.05. The largest absolute Gasteiger partial charge is 0.454 e. The molecule has 6 nitrogen and oxygen atoms in total. The predicted molar refractivity (Wildman–Crippen MR) is 83.4 cm³/mol. The van der Waals surface area contributed by atoms with E-state index in [-0.39, 0.29) is 23.2 Å². The maximum atomic E-state index is 12.1. The molecule has 0 radical (unpaired) electrons. The summed E-state index contributed by atoms with van der Waals surface area (Å²) in [4.78, 5) is 12.1. The fourth-order valence-electron chi connectivity index (χ4n) is 2.73. The number of hydrogen-bond donors (Lipinski definition) is 2. The van der Waals surface area contributed by atoms with Crippen LogP contribution in [0.1, 0.15) is 29.0 Å². The zero-order valence-electron chi connectivity index (χ0n) is 12.2. The molecule has 0 spiro atoms. The second-order valence-corrected chi connectivity index (χ2v) is 6.82. The number of rotatable bonds is 1. The highest BCUT2D eigenvalue weighted by molar-refractivity contribution is 8.01. The van der Waals surface area contributed by atoms with Crippen LogP contribution in [0.25, 0.3) is 0 Å². The normalized spacial score (nSPS) is 22.9. The Kier molecular flexibility index (Phi) is 3.04. The van der Waals surface area contributed by atoms with Gasteiger partial charge in [-0.25, -0.2) is 0 Å². The Hall–Kier alpha value is -2.15. The number of anilines is 1. The number of nitrogens with one attached hydrogen (secondary N) is 2. The second-order valence-electron chi connectivity index (χ2n) is 5.37. The zero-order chi connectivity index (χ0) is 15.3. The third-order valence-corrected chi connectivity index (χ3v) is 5.31. The number of aromatic amines is 1. The average molecular weight is 317 g/mol. The van der Waals surface area contributed by atoms with Crippen molar-refractivity contribution in [2.24, 2.45) is 0 Å². The summed E-state index contributed by atoms with van der Waals surface area (Å²) in [6, 6.07) is 5.92. The molecule has 0 saturated carbocycles. The van der Waals surface area contributed by atoms with Gasteiger partial charge in [0.05, 0.1) is 10.5 Å². The number of nitrogens with zero attached hydrogens (tertiary/aromatic N) is 1. The van der Waals surface area contributed by atoms with Gasteiger partial charge >= 0.3 is 0 Å². The van der Waals surface area contributed by atoms with Crippen molar-refractivity contribution in [3.8, 4) is 11.5 Å². The smallest absolute Gasteiger partial charge is 0.238 e. The van der Waals surface area contributed by atoms with E-state index in [2.05, 4.69) is 15.5 Å². The number of fused-ring (bicyclic) bond motifs is 2. The summed E-state index contributed by atoms with van der Waals surface area (Å²) in [7, 11) is 0. The summed E-state index contributed by atoms with van der Waals surface area (Å²) in [5.41, 5.74) is 3.05. The summed E-state index contributed by atoms with van der Waals surface area (Å²) < 4.78 is 10.8. The van der Waals surface area contributed by atoms with Crippen LogP contribution in [-0.4, -0.2) is 28.1 Å². The average Bonchev–Trinajstić information content (AvgIpc) is 3.08. The van der Waals surface area contributed by atoms with Gasteiger partial charge in [-0.2, -0.15) is 5.10 Å². The Morgan fingerprint density at radius 1 is 1.32 bits per heavy atom. The quantitative estimate of drug-likeness (QED) is 0.845. The number of ether oxygens (including phenoxy) is 2. The molecule has 7 heteroatoms. The van der Waals surface area contributed by atoms with Crippen LogP contribution in [0.15, 0.2) is 18.2 Å². The highest BCUT2D eigenvalue weighted by atomic mass is 32.2. The van der Waals surface area contributed by atoms with Crippen molar-refractivity contribution < 1.29 is 14.3 Å². The molecular formula is C15H15N3O3S. The van der Waals surface area contributed by atoms with Crippen LogP contribution in [0.4, 0.5) is 5.82 Å². The Bertz CT molecular complexity index is 758. The molecule has 1 aromatic carbocycles. The predicted octanol–water partition coefficient (Wildman–Crippen LogP) is 2.61. The van der Waals surface area contributed by atoms with E-state index in [0.717, 1.165) is 28.3 Å². The summed E-state index contributed by atoms with van der Waals surface area (Å²) in [6.07, 6.45) is 0. The van der Waals surface area contributed by atoms with Gasteiger partial charge in [-0.15, -0.1) is 11.8 Å². The van der Waals surface area contributed by atoms with Crippen molar-refractivity contribution in [1.82, 2.24) is 10.2 Å². The minimum atomic E-state index is -0.163. The second kappa shape index (κ2) is 4.95. The van der Waals surface area contributed by atoms with E-state index in [0.29, 0.717) is 5.82 Å². The molecule has 2 aromatic rings. The zero-order valence-corrected chi connectivity index (χ0v) is 13.0. The molecule has 114 valence electrons. The first-order valence-corrected chi connectivity index (χ1v) is 7.98. The van der Waals surface area contributed by atoms with Gasteiger partial charge < -0.3 is 14.8 Å². The van der Waals surface area contributed by atoms with E-state index in [1.54, 1.807) is 11.8 Å². The maximum Gasteiger partial charge on any atom is 0.238 e. The molecule has 0 unspecified atom stereocenters. The van der Waals surface area contributed by atoms with Crippen molar-refractivity contribution in [3.05, 3.63) is 35.0 Å². The lowest BCUT2D eigenvalue weighted by atomic mass is 10.0. The van der Waals surface area contributed by atoms with E-state index in [4.69, 9.17) is 9.47 Å². The van der Waals surface area contributed by atoms with Gasteiger partial charge in [0.1, 0.15) is 0 Å². The Morgan fingerprint density at radius 2 is 2.14 bits per heavy atom. The highest BCUT2D eigenvalue weighted by Crippen LogP contribution is 2.46. The number of aryl methyl sites for hydroxylation is 1. The number of benzene rings is 1. The molecule has 3 heterocycles. The lowest BCUT2D eigenvalue weighted by molar-refractivity contribution is -0.115. The van der Waals surface area contributed by atoms with Crippen molar-refractivity contribution in [3.63, 3.8) is 0 Å². The minimum Gasteiger partial charge on any atom is -0.454 e. The third-order valence-electron chi connectivity index (χ3n) is 3.91. The molecule has 2 atom stereocenters. The van der Waals surface area contributed by atoms with E-state index in [9.17, 15) is 4.79 Å². The van der Waals surface area contributed by atoms with Crippen LogP contribution in [0.2, 0.25) is 0 Å². The van der Waals surface area contributed by atoms with Crippen LogP contribution in [0.5, 0.6) is 11.5 Å². The van der Waals surface area contributed by atoms with Gasteiger partial charge in [0.15, 0.2) is 17.3 Å². The number of carbonyl (C=O) groups is 1. The first-order chi connectivity index (χ1) is 10.6. The molecular weight excluding hydrogens is 302 g/mol. The van der Waals surface area contributed by atoms with E-state index in [1.165, 1.54) is 0 Å². The molecule has 0 saturated heterocycles. The number of hydrogen-bond acceptors (Lipinski definition) is 5. The lowest BCUT2D eigenvalue weighted by Crippen LogP contribution is -2.21. The van der Waals surface area contributed by atoms with Crippen LogP contribution in [-0.2, 0) is 4.79 Å². The van der Waals surface area contributed by atoms with Crippen molar-refractivity contribution in [2.75, 3.05) is 12.1 Å². The van der Waals surface area contributed by atoms with Gasteiger partial charge in [0.2, 0.25) is 12.7 Å². The van der Waals surface area contributed by atoms with E-state index in [1.807, 2.05) is 32.0 Å². The first kappa shape index (κ1) is 13.5. The van der Waals surface area contributed by atoms with E-state index < -0.39 is 0 Å². The molecule has 2 aliphatic heterocycles. The van der Waals surface area contributed by atoms with Crippen LogP contribution in [0, 0.1) is 6.92 Å². The molecule has 1 aromatic heterocycles. The monoisotopic (exact) mass is 317 g/mol. The summed E-state index contributed by atoms with van der Waals surface area (Å²) in [5, 5.41) is 9.92. The molecule has 0 bridgehead atoms. The van der Waals surface area contributed by atoms with E-state index >= 15 is 0 Å². The lowest BCUT2D eigenvalue weighted by Gasteiger charge is -2.17. The van der Waals surface area contributed by atoms with Gasteiger partial charge in [0.25, 0.3) is 0 Å². The molecule has 0 aliphatic carbocycles. The Labute approximate surface area is 131 Å². The topological polar surface area (TPSA) is 76.2 Å². The minimum absolute atomic E-state index is 0.0113. The van der Waals surface area contributed by atoms with Crippen LogP contribution < -0.4 is 14.8 Å². The standard InChI is InChI=1S/C15H15N3O3S/c1-7-12-13(9-3-4-10-11(5-9)21-6-20-10)22-8(2)15(19)16-14(12)18-17-7/h3-5,8,13H,6H2,1-2H3,(H2,16,17,18,19)/t8-,13-/m1/s1. The number of H-pyrrole nitrogens is 1. The maximum absolute atomic E-state index is 12.1. The molecule has 1 amide bonds. The Balaban J connectivity index is 1.82. The number of amides is 1. The molecule has 2 N–H and O–H groups in total. The SMILES string of the molecule is Cc1[nH]nc2c1[C@@H](c1ccc3c(c1)OCO3)S[C@H](C)C(=O)N2. The van der Waals surface area contributed by atoms with Gasteiger partial charge in [-0.3, -0.25) is 9.89 Å². The van der Waals surface area contributed by atoms with Crippen LogP contribution >= 0.6 is 11.8 Å². The molecule has 2 aliphatic rings. The summed E-state index contributed by atoms with van der Waals surface area (Å²) >= 11 is 1.61. The number of carbonyl (C=O) groups excluding carboxylic acids is 1. The van der Waals surface area contributed by atoms with Crippen molar-refractivity contribution in [1.29, 1.82) is 0 Å². The number of aromatic nitrogens is 2. The molecule has 0 fully saturated rings.